The summed E-state index contributed by atoms with van der Waals surface area (Å²) in [6.07, 6.45) is 0.618. The van der Waals surface area contributed by atoms with Gasteiger partial charge in [-0.25, -0.2) is 8.42 Å². The largest absolute Gasteiger partial charge is 0.479 e. The van der Waals surface area contributed by atoms with Gasteiger partial charge >= 0.3 is 0 Å². The molecule has 0 spiro atoms. The van der Waals surface area contributed by atoms with Gasteiger partial charge in [-0.2, -0.15) is 4.31 Å². The Morgan fingerprint density at radius 2 is 1.93 bits per heavy atom. The molecule has 2 amide bonds. The SMILES string of the molecule is Cc1cc2c(cc1S(=O)(=O)N1CCC[C@@H](C(=O)N3CCOCC3)C1)O[C@H](C)C(=O)N2. The van der Waals surface area contributed by atoms with Crippen molar-refractivity contribution in [2.45, 2.75) is 37.7 Å². The Hall–Kier alpha value is -2.17. The summed E-state index contributed by atoms with van der Waals surface area (Å²) >= 11 is 0. The van der Waals surface area contributed by atoms with Gasteiger partial charge in [-0.1, -0.05) is 0 Å². The summed E-state index contributed by atoms with van der Waals surface area (Å²) in [4.78, 5) is 26.6. The van der Waals surface area contributed by atoms with E-state index in [0.29, 0.717) is 62.7 Å². The molecule has 1 N–H and O–H groups in total. The third-order valence-corrected chi connectivity index (χ3v) is 7.89. The lowest BCUT2D eigenvalue weighted by Gasteiger charge is -2.36. The number of hydrogen-bond acceptors (Lipinski definition) is 6. The van der Waals surface area contributed by atoms with Crippen molar-refractivity contribution in [2.24, 2.45) is 5.92 Å². The Morgan fingerprint density at radius 1 is 1.20 bits per heavy atom. The van der Waals surface area contributed by atoms with Crippen LogP contribution >= 0.6 is 0 Å². The number of rotatable bonds is 3. The van der Waals surface area contributed by atoms with Gasteiger partial charge in [0.1, 0.15) is 5.75 Å². The number of nitrogens with zero attached hydrogens (tertiary/aromatic N) is 2. The standard InChI is InChI=1S/C20H27N3O6S/c1-13-10-16-17(29-14(2)19(24)21-16)11-18(13)30(26,27)23-5-3-4-15(12-23)20(25)22-6-8-28-9-7-22/h10-11,14-15H,3-9,12H2,1-2H3,(H,21,24)/t14-,15-/m1/s1. The first-order chi connectivity index (χ1) is 14.3. The Bertz CT molecular complexity index is 958. The number of nitrogens with one attached hydrogen (secondary N) is 1. The Kier molecular flexibility index (Phi) is 5.73. The van der Waals surface area contributed by atoms with Crippen LogP contribution in [0.2, 0.25) is 0 Å². The zero-order valence-electron chi connectivity index (χ0n) is 17.2. The van der Waals surface area contributed by atoms with Gasteiger partial charge in [-0.15, -0.1) is 0 Å². The van der Waals surface area contributed by atoms with Gasteiger partial charge in [-0.05, 0) is 38.3 Å². The number of hydrogen-bond donors (Lipinski definition) is 1. The van der Waals surface area contributed by atoms with Crippen LogP contribution in [-0.4, -0.2) is 74.9 Å². The first kappa shape index (κ1) is 21.1. The smallest absolute Gasteiger partial charge is 0.265 e. The van der Waals surface area contributed by atoms with Crippen molar-refractivity contribution < 1.29 is 27.5 Å². The zero-order chi connectivity index (χ0) is 21.5. The maximum Gasteiger partial charge on any atom is 0.265 e. The van der Waals surface area contributed by atoms with E-state index in [-0.39, 0.29) is 29.2 Å². The van der Waals surface area contributed by atoms with Crippen LogP contribution in [0, 0.1) is 12.8 Å². The highest BCUT2D eigenvalue weighted by molar-refractivity contribution is 7.89. The van der Waals surface area contributed by atoms with Crippen molar-refractivity contribution >= 4 is 27.5 Å². The lowest BCUT2D eigenvalue weighted by atomic mass is 9.98. The molecule has 30 heavy (non-hydrogen) atoms. The van der Waals surface area contributed by atoms with Crippen LogP contribution in [0.5, 0.6) is 5.75 Å². The molecule has 0 aromatic heterocycles. The molecule has 1 aromatic rings. The first-order valence-corrected chi connectivity index (χ1v) is 11.7. The Labute approximate surface area is 176 Å². The predicted octanol–water partition coefficient (Wildman–Crippen LogP) is 0.974. The zero-order valence-corrected chi connectivity index (χ0v) is 18.0. The van der Waals surface area contributed by atoms with Crippen molar-refractivity contribution in [3.05, 3.63) is 17.7 Å². The second-order valence-electron chi connectivity index (χ2n) is 8.00. The number of amides is 2. The van der Waals surface area contributed by atoms with Gasteiger partial charge in [0.25, 0.3) is 5.91 Å². The molecule has 0 aliphatic carbocycles. The van der Waals surface area contributed by atoms with Gasteiger partial charge in [0, 0.05) is 32.2 Å². The van der Waals surface area contributed by atoms with E-state index in [4.69, 9.17) is 9.47 Å². The number of carbonyl (C=O) groups excluding carboxylic acids is 2. The highest BCUT2D eigenvalue weighted by Gasteiger charge is 2.37. The molecular weight excluding hydrogens is 410 g/mol. The highest BCUT2D eigenvalue weighted by Crippen LogP contribution is 2.36. The molecule has 2 saturated heterocycles. The Balaban J connectivity index is 1.56. The molecule has 164 valence electrons. The van der Waals surface area contributed by atoms with Crippen molar-refractivity contribution in [1.82, 2.24) is 9.21 Å². The van der Waals surface area contributed by atoms with Gasteiger partial charge in [0.05, 0.1) is 29.7 Å². The second kappa shape index (κ2) is 8.16. The topological polar surface area (TPSA) is 105 Å². The van der Waals surface area contributed by atoms with Gasteiger partial charge in [0.2, 0.25) is 15.9 Å². The van der Waals surface area contributed by atoms with Crippen LogP contribution in [0.25, 0.3) is 0 Å². The molecule has 3 aliphatic rings. The molecule has 3 aliphatic heterocycles. The fourth-order valence-corrected chi connectivity index (χ4v) is 5.91. The fraction of sp³-hybridized carbons (Fsp3) is 0.600. The van der Waals surface area contributed by atoms with Crippen molar-refractivity contribution in [2.75, 3.05) is 44.7 Å². The normalized spacial score (nSPS) is 25.3. The monoisotopic (exact) mass is 437 g/mol. The molecule has 0 bridgehead atoms. The summed E-state index contributed by atoms with van der Waals surface area (Å²) in [5.41, 5.74) is 0.988. The third kappa shape index (κ3) is 3.91. The number of piperidine rings is 1. The number of morpholine rings is 1. The minimum Gasteiger partial charge on any atom is -0.479 e. The fourth-order valence-electron chi connectivity index (χ4n) is 4.16. The molecule has 0 unspecified atom stereocenters. The average Bonchev–Trinajstić information content (AvgIpc) is 2.74. The van der Waals surface area contributed by atoms with Gasteiger partial charge < -0.3 is 19.7 Å². The average molecular weight is 438 g/mol. The van der Waals surface area contributed by atoms with Gasteiger partial charge in [0.15, 0.2) is 6.10 Å². The summed E-state index contributed by atoms with van der Waals surface area (Å²) < 4.78 is 39.1. The lowest BCUT2D eigenvalue weighted by Crippen LogP contribution is -2.49. The number of aryl methyl sites for hydroxylation is 1. The van der Waals surface area contributed by atoms with E-state index in [1.807, 2.05) is 0 Å². The summed E-state index contributed by atoms with van der Waals surface area (Å²) in [5.74, 6) is -0.275. The molecule has 10 heteroatoms. The van der Waals surface area contributed by atoms with E-state index in [2.05, 4.69) is 5.32 Å². The quantitative estimate of drug-likeness (QED) is 0.756. The van der Waals surface area contributed by atoms with E-state index in [1.165, 1.54) is 10.4 Å². The van der Waals surface area contributed by atoms with Crippen molar-refractivity contribution in [3.8, 4) is 5.75 Å². The highest BCUT2D eigenvalue weighted by atomic mass is 32.2. The third-order valence-electron chi connectivity index (χ3n) is 5.88. The number of carbonyl (C=O) groups is 2. The van der Waals surface area contributed by atoms with E-state index in [0.717, 1.165) is 0 Å². The maximum absolute atomic E-state index is 13.4. The molecule has 9 nitrogen and oxygen atoms in total. The van der Waals surface area contributed by atoms with Crippen molar-refractivity contribution in [3.63, 3.8) is 0 Å². The van der Waals surface area contributed by atoms with Crippen LogP contribution in [-0.2, 0) is 24.3 Å². The molecular formula is C20H27N3O6S. The second-order valence-corrected chi connectivity index (χ2v) is 9.91. The minimum atomic E-state index is -3.81. The van der Waals surface area contributed by atoms with Crippen LogP contribution < -0.4 is 10.1 Å². The summed E-state index contributed by atoms with van der Waals surface area (Å²) in [6, 6.07) is 3.09. The predicted molar refractivity (Wildman–Crippen MR) is 109 cm³/mol. The van der Waals surface area contributed by atoms with Crippen LogP contribution in [0.3, 0.4) is 0 Å². The van der Waals surface area contributed by atoms with Crippen LogP contribution in [0.1, 0.15) is 25.3 Å². The van der Waals surface area contributed by atoms with Crippen LogP contribution in [0.15, 0.2) is 17.0 Å². The summed E-state index contributed by atoms with van der Waals surface area (Å²) in [7, 11) is -3.81. The van der Waals surface area contributed by atoms with E-state index < -0.39 is 16.1 Å². The number of sulfonamides is 1. The molecule has 4 rings (SSSR count). The minimum absolute atomic E-state index is 0.000216. The van der Waals surface area contributed by atoms with Crippen molar-refractivity contribution in [1.29, 1.82) is 0 Å². The molecule has 2 fully saturated rings. The molecule has 1 aromatic carbocycles. The van der Waals surface area contributed by atoms with Gasteiger partial charge in [-0.3, -0.25) is 9.59 Å². The molecule has 2 atom stereocenters. The molecule has 0 radical (unpaired) electrons. The Morgan fingerprint density at radius 3 is 2.67 bits per heavy atom. The molecule has 0 saturated carbocycles. The number of fused-ring (bicyclic) bond motifs is 1. The van der Waals surface area contributed by atoms with Crippen LogP contribution in [0.4, 0.5) is 5.69 Å². The number of anilines is 1. The van der Waals surface area contributed by atoms with E-state index in [1.54, 1.807) is 24.8 Å². The summed E-state index contributed by atoms with van der Waals surface area (Å²) in [6.45, 7) is 5.98. The number of benzene rings is 1. The first-order valence-electron chi connectivity index (χ1n) is 10.3. The summed E-state index contributed by atoms with van der Waals surface area (Å²) in [5, 5.41) is 2.73. The lowest BCUT2D eigenvalue weighted by molar-refractivity contribution is -0.140. The molecule has 3 heterocycles. The number of ether oxygens (including phenoxy) is 2. The van der Waals surface area contributed by atoms with E-state index >= 15 is 0 Å². The van der Waals surface area contributed by atoms with E-state index in [9.17, 15) is 18.0 Å². The maximum atomic E-state index is 13.4.